The van der Waals surface area contributed by atoms with Crippen molar-refractivity contribution in [2.45, 2.75) is 47.0 Å². The van der Waals surface area contributed by atoms with Crippen LogP contribution in [-0.4, -0.2) is 23.9 Å². The molecule has 116 valence electrons. The summed E-state index contributed by atoms with van der Waals surface area (Å²) in [5.74, 6) is 0.998. The molecule has 0 aliphatic carbocycles. The number of piperidine rings is 1. The van der Waals surface area contributed by atoms with Crippen LogP contribution in [0.1, 0.15) is 46.1 Å². The zero-order valence-corrected chi connectivity index (χ0v) is 13.9. The summed E-state index contributed by atoms with van der Waals surface area (Å²) in [5.41, 5.74) is 1.62. The zero-order chi connectivity index (χ0) is 15.5. The number of likely N-dealkylation sites (tertiary alicyclic amines) is 1. The van der Waals surface area contributed by atoms with Crippen molar-refractivity contribution in [3.8, 4) is 0 Å². The number of benzene rings is 1. The van der Waals surface area contributed by atoms with E-state index < -0.39 is 0 Å². The number of hydrogen-bond donors (Lipinski definition) is 0. The lowest BCUT2D eigenvalue weighted by atomic mass is 9.67. The lowest BCUT2D eigenvalue weighted by Gasteiger charge is -2.46. The molecule has 0 spiro atoms. The van der Waals surface area contributed by atoms with Gasteiger partial charge in [0.1, 0.15) is 0 Å². The van der Waals surface area contributed by atoms with Crippen LogP contribution < -0.4 is 0 Å². The molecular formula is C19H29NO. The average molecular weight is 287 g/mol. The Morgan fingerprint density at radius 1 is 1.19 bits per heavy atom. The van der Waals surface area contributed by atoms with Gasteiger partial charge in [-0.2, -0.15) is 0 Å². The number of amides is 1. The first-order chi connectivity index (χ1) is 9.94. The summed E-state index contributed by atoms with van der Waals surface area (Å²) in [6.07, 6.45) is 3.43. The first kappa shape index (κ1) is 16.1. The van der Waals surface area contributed by atoms with Crippen LogP contribution in [0.5, 0.6) is 0 Å². The molecule has 1 heterocycles. The van der Waals surface area contributed by atoms with Crippen LogP contribution in [0.4, 0.5) is 0 Å². The molecule has 1 aromatic rings. The predicted molar refractivity (Wildman–Crippen MR) is 88.1 cm³/mol. The minimum atomic E-state index is 0.102. The Balaban J connectivity index is 2.19. The van der Waals surface area contributed by atoms with Crippen LogP contribution in [-0.2, 0) is 11.2 Å². The van der Waals surface area contributed by atoms with Crippen LogP contribution in [0, 0.1) is 17.3 Å². The second kappa shape index (κ2) is 6.64. The van der Waals surface area contributed by atoms with Gasteiger partial charge in [0, 0.05) is 19.0 Å². The van der Waals surface area contributed by atoms with Gasteiger partial charge in [0.25, 0.3) is 0 Å². The second-order valence-corrected chi connectivity index (χ2v) is 7.20. The van der Waals surface area contributed by atoms with E-state index in [2.05, 4.69) is 49.1 Å². The van der Waals surface area contributed by atoms with Gasteiger partial charge in [-0.25, -0.2) is 0 Å². The van der Waals surface area contributed by atoms with Crippen molar-refractivity contribution < 1.29 is 4.79 Å². The van der Waals surface area contributed by atoms with E-state index in [-0.39, 0.29) is 11.3 Å². The Kier molecular flexibility index (Phi) is 5.08. The molecule has 1 atom stereocenters. The van der Waals surface area contributed by atoms with E-state index in [4.69, 9.17) is 0 Å². The molecular weight excluding hydrogens is 258 g/mol. The van der Waals surface area contributed by atoms with Gasteiger partial charge in [-0.05, 0) is 36.2 Å². The number of rotatable bonds is 4. The Bertz CT molecular complexity index is 466. The maximum absolute atomic E-state index is 12.4. The third-order valence-corrected chi connectivity index (χ3v) is 5.04. The predicted octanol–water partition coefficient (Wildman–Crippen LogP) is 4.15. The van der Waals surface area contributed by atoms with Crippen LogP contribution in [0.3, 0.4) is 0 Å². The molecule has 1 saturated heterocycles. The van der Waals surface area contributed by atoms with Crippen molar-refractivity contribution >= 4 is 5.91 Å². The first-order valence-corrected chi connectivity index (χ1v) is 8.27. The minimum absolute atomic E-state index is 0.102. The SMILES string of the molecule is CC(C)C(=O)N1CCC[C@](Cc2ccccc2)(C(C)C)C1. The van der Waals surface area contributed by atoms with Gasteiger partial charge >= 0.3 is 0 Å². The summed E-state index contributed by atoms with van der Waals surface area (Å²) in [5, 5.41) is 0. The maximum atomic E-state index is 12.4. The number of nitrogens with zero attached hydrogens (tertiary/aromatic N) is 1. The van der Waals surface area contributed by atoms with Crippen molar-refractivity contribution in [2.24, 2.45) is 17.3 Å². The normalized spacial score (nSPS) is 22.9. The fourth-order valence-electron chi connectivity index (χ4n) is 3.54. The maximum Gasteiger partial charge on any atom is 0.225 e. The minimum Gasteiger partial charge on any atom is -0.342 e. The molecule has 1 aromatic carbocycles. The lowest BCUT2D eigenvalue weighted by Crippen LogP contribution is -2.50. The average Bonchev–Trinajstić information content (AvgIpc) is 2.47. The standard InChI is InChI=1S/C19H29NO/c1-15(2)18(21)20-12-8-11-19(14-20,16(3)4)13-17-9-6-5-7-10-17/h5-7,9-10,15-16H,8,11-14H2,1-4H3/t19-/m1/s1. The molecule has 0 aromatic heterocycles. The van der Waals surface area contributed by atoms with Gasteiger partial charge < -0.3 is 4.90 Å². The summed E-state index contributed by atoms with van der Waals surface area (Å²) in [7, 11) is 0. The molecule has 0 bridgehead atoms. The highest BCUT2D eigenvalue weighted by molar-refractivity contribution is 5.78. The topological polar surface area (TPSA) is 20.3 Å². The molecule has 2 rings (SSSR count). The third kappa shape index (κ3) is 3.66. The molecule has 2 heteroatoms. The summed E-state index contributed by atoms with van der Waals surface area (Å²) < 4.78 is 0. The number of carbonyl (C=O) groups excluding carboxylic acids is 1. The zero-order valence-electron chi connectivity index (χ0n) is 13.9. The Labute approximate surface area is 129 Å². The quantitative estimate of drug-likeness (QED) is 0.814. The molecule has 21 heavy (non-hydrogen) atoms. The Hall–Kier alpha value is -1.31. The first-order valence-electron chi connectivity index (χ1n) is 8.27. The Morgan fingerprint density at radius 2 is 1.86 bits per heavy atom. The second-order valence-electron chi connectivity index (χ2n) is 7.20. The molecule has 0 radical (unpaired) electrons. The molecule has 1 fully saturated rings. The van der Waals surface area contributed by atoms with Gasteiger partial charge in [-0.1, -0.05) is 58.0 Å². The van der Waals surface area contributed by atoms with Crippen molar-refractivity contribution in [1.29, 1.82) is 0 Å². The highest BCUT2D eigenvalue weighted by atomic mass is 16.2. The summed E-state index contributed by atoms with van der Waals surface area (Å²) in [4.78, 5) is 14.5. The van der Waals surface area contributed by atoms with Crippen LogP contribution >= 0.6 is 0 Å². The van der Waals surface area contributed by atoms with E-state index >= 15 is 0 Å². The molecule has 0 unspecified atom stereocenters. The number of carbonyl (C=O) groups is 1. The summed E-state index contributed by atoms with van der Waals surface area (Å²) in [6.45, 7) is 10.5. The summed E-state index contributed by atoms with van der Waals surface area (Å²) >= 11 is 0. The van der Waals surface area contributed by atoms with Crippen LogP contribution in [0.25, 0.3) is 0 Å². The van der Waals surface area contributed by atoms with Crippen molar-refractivity contribution in [3.05, 3.63) is 35.9 Å². The Morgan fingerprint density at radius 3 is 2.43 bits per heavy atom. The van der Waals surface area contributed by atoms with E-state index in [1.165, 1.54) is 12.0 Å². The molecule has 2 nitrogen and oxygen atoms in total. The summed E-state index contributed by atoms with van der Waals surface area (Å²) in [6, 6.07) is 10.7. The highest BCUT2D eigenvalue weighted by Gasteiger charge is 2.39. The van der Waals surface area contributed by atoms with Crippen molar-refractivity contribution in [3.63, 3.8) is 0 Å². The van der Waals surface area contributed by atoms with Gasteiger partial charge in [0.2, 0.25) is 5.91 Å². The fraction of sp³-hybridized carbons (Fsp3) is 0.632. The van der Waals surface area contributed by atoms with Gasteiger partial charge in [0.15, 0.2) is 0 Å². The van der Waals surface area contributed by atoms with Crippen LogP contribution in [0.15, 0.2) is 30.3 Å². The van der Waals surface area contributed by atoms with Crippen molar-refractivity contribution in [1.82, 2.24) is 4.90 Å². The van der Waals surface area contributed by atoms with Gasteiger partial charge in [-0.15, -0.1) is 0 Å². The highest BCUT2D eigenvalue weighted by Crippen LogP contribution is 2.40. The number of hydrogen-bond acceptors (Lipinski definition) is 1. The monoisotopic (exact) mass is 287 g/mol. The van der Waals surface area contributed by atoms with Crippen molar-refractivity contribution in [2.75, 3.05) is 13.1 Å². The van der Waals surface area contributed by atoms with Gasteiger partial charge in [0.05, 0.1) is 0 Å². The molecule has 1 aliphatic heterocycles. The van der Waals surface area contributed by atoms with E-state index in [1.54, 1.807) is 0 Å². The van der Waals surface area contributed by atoms with E-state index in [9.17, 15) is 4.79 Å². The molecule has 1 amide bonds. The smallest absolute Gasteiger partial charge is 0.225 e. The third-order valence-electron chi connectivity index (χ3n) is 5.04. The lowest BCUT2D eigenvalue weighted by molar-refractivity contribution is -0.139. The van der Waals surface area contributed by atoms with Gasteiger partial charge in [-0.3, -0.25) is 4.79 Å². The van der Waals surface area contributed by atoms with Crippen LogP contribution in [0.2, 0.25) is 0 Å². The molecule has 1 aliphatic rings. The molecule has 0 N–H and O–H groups in total. The largest absolute Gasteiger partial charge is 0.342 e. The van der Waals surface area contributed by atoms with E-state index in [0.717, 1.165) is 25.9 Å². The van der Waals surface area contributed by atoms with E-state index in [1.807, 2.05) is 13.8 Å². The fourth-order valence-corrected chi connectivity index (χ4v) is 3.54. The molecule has 0 saturated carbocycles. The van der Waals surface area contributed by atoms with E-state index in [0.29, 0.717) is 11.8 Å².